The predicted octanol–water partition coefficient (Wildman–Crippen LogP) is 1.82. The second kappa shape index (κ2) is 3.16. The Balaban J connectivity index is 3.27. The van der Waals surface area contributed by atoms with Crippen molar-refractivity contribution in [3.05, 3.63) is 29.1 Å². The number of rotatable bonds is 1. The Kier molecular flexibility index (Phi) is 2.22. The zero-order chi connectivity index (χ0) is 8.27. The Morgan fingerprint density at radius 1 is 1.64 bits per heavy atom. The van der Waals surface area contributed by atoms with Crippen molar-refractivity contribution in [3.63, 3.8) is 0 Å². The molecule has 56 valence electrons. The Labute approximate surface area is 66.5 Å². The Morgan fingerprint density at radius 3 is 2.82 bits per heavy atom. The molecule has 0 atom stereocenters. The Morgan fingerprint density at radius 2 is 2.36 bits per heavy atom. The first kappa shape index (κ1) is 7.74. The van der Waals surface area contributed by atoms with E-state index in [-0.39, 0.29) is 0 Å². The van der Waals surface area contributed by atoms with Crippen LogP contribution in [0, 0.1) is 18.3 Å². The summed E-state index contributed by atoms with van der Waals surface area (Å²) < 4.78 is 0. The Hall–Kier alpha value is -1.36. The maximum Gasteiger partial charge on any atom is 0.0995 e. The van der Waals surface area contributed by atoms with Gasteiger partial charge in [-0.1, -0.05) is 6.92 Å². The summed E-state index contributed by atoms with van der Waals surface area (Å²) in [4.78, 5) is 4.11. The molecule has 0 saturated heterocycles. The molecule has 0 N–H and O–H groups in total. The normalized spacial score (nSPS) is 9.18. The highest BCUT2D eigenvalue weighted by Gasteiger charge is 2.01. The van der Waals surface area contributed by atoms with Crippen molar-refractivity contribution >= 4 is 0 Å². The number of hydrogen-bond donors (Lipinski definition) is 0. The average Bonchev–Trinajstić information content (AvgIpc) is 2.04. The van der Waals surface area contributed by atoms with Crippen LogP contribution in [0.2, 0.25) is 0 Å². The van der Waals surface area contributed by atoms with Crippen LogP contribution in [-0.4, -0.2) is 4.98 Å². The summed E-state index contributed by atoms with van der Waals surface area (Å²) >= 11 is 0. The third-order valence-corrected chi connectivity index (χ3v) is 1.75. The van der Waals surface area contributed by atoms with Gasteiger partial charge in [0.15, 0.2) is 0 Å². The summed E-state index contributed by atoms with van der Waals surface area (Å²) in [5.41, 5.74) is 2.78. The van der Waals surface area contributed by atoms with Crippen molar-refractivity contribution < 1.29 is 0 Å². The molecule has 0 aliphatic rings. The highest BCUT2D eigenvalue weighted by atomic mass is 14.7. The first-order valence-electron chi connectivity index (χ1n) is 3.64. The van der Waals surface area contributed by atoms with Crippen molar-refractivity contribution in [1.82, 2.24) is 4.98 Å². The van der Waals surface area contributed by atoms with Crippen LogP contribution < -0.4 is 0 Å². The van der Waals surface area contributed by atoms with Crippen molar-refractivity contribution in [2.75, 3.05) is 0 Å². The molecular weight excluding hydrogens is 136 g/mol. The van der Waals surface area contributed by atoms with Gasteiger partial charge < -0.3 is 0 Å². The number of nitrogens with zero attached hydrogens (tertiary/aromatic N) is 2. The number of pyridine rings is 1. The quantitative estimate of drug-likeness (QED) is 0.606. The molecule has 0 unspecified atom stereocenters. The molecule has 0 spiro atoms. The lowest BCUT2D eigenvalue weighted by molar-refractivity contribution is 1.04. The van der Waals surface area contributed by atoms with E-state index in [1.165, 1.54) is 0 Å². The van der Waals surface area contributed by atoms with E-state index in [1.54, 1.807) is 12.3 Å². The third kappa shape index (κ3) is 1.38. The molecule has 2 nitrogen and oxygen atoms in total. The van der Waals surface area contributed by atoms with Gasteiger partial charge in [-0.2, -0.15) is 5.26 Å². The van der Waals surface area contributed by atoms with Crippen molar-refractivity contribution in [3.8, 4) is 6.07 Å². The molecule has 0 fully saturated rings. The first-order valence-corrected chi connectivity index (χ1v) is 3.64. The second-order valence-corrected chi connectivity index (χ2v) is 2.39. The molecule has 0 aliphatic carbocycles. The molecule has 0 saturated carbocycles. The largest absolute Gasteiger partial charge is 0.261 e. The fourth-order valence-corrected chi connectivity index (χ4v) is 1.15. The smallest absolute Gasteiger partial charge is 0.0995 e. The highest BCUT2D eigenvalue weighted by molar-refractivity contribution is 5.38. The van der Waals surface area contributed by atoms with E-state index >= 15 is 0 Å². The summed E-state index contributed by atoms with van der Waals surface area (Å²) in [6, 6.07) is 3.90. The minimum absolute atomic E-state index is 0.750. The molecule has 2 heteroatoms. The molecule has 1 heterocycles. The lowest BCUT2D eigenvalue weighted by Crippen LogP contribution is -1.94. The predicted molar refractivity (Wildman–Crippen MR) is 43.1 cm³/mol. The van der Waals surface area contributed by atoms with Gasteiger partial charge in [-0.15, -0.1) is 0 Å². The fraction of sp³-hybridized carbons (Fsp3) is 0.333. The number of hydrogen-bond acceptors (Lipinski definition) is 2. The zero-order valence-corrected chi connectivity index (χ0v) is 6.76. The van der Waals surface area contributed by atoms with Crippen LogP contribution in [0.3, 0.4) is 0 Å². The van der Waals surface area contributed by atoms with Gasteiger partial charge in [0.25, 0.3) is 0 Å². The maximum atomic E-state index is 8.70. The first-order chi connectivity index (χ1) is 5.29. The number of nitriles is 1. The lowest BCUT2D eigenvalue weighted by Gasteiger charge is -2.01. The van der Waals surface area contributed by atoms with Gasteiger partial charge in [0.1, 0.15) is 0 Å². The van der Waals surface area contributed by atoms with Crippen LogP contribution in [-0.2, 0) is 6.42 Å². The zero-order valence-electron chi connectivity index (χ0n) is 6.76. The van der Waals surface area contributed by atoms with Gasteiger partial charge in [-0.05, 0) is 25.0 Å². The minimum atomic E-state index is 0.750. The van der Waals surface area contributed by atoms with Crippen molar-refractivity contribution in [1.29, 1.82) is 5.26 Å². The monoisotopic (exact) mass is 146 g/mol. The number of aromatic nitrogens is 1. The van der Waals surface area contributed by atoms with Crippen LogP contribution in [0.5, 0.6) is 0 Å². The lowest BCUT2D eigenvalue weighted by atomic mass is 10.1. The fourth-order valence-electron chi connectivity index (χ4n) is 1.15. The van der Waals surface area contributed by atoms with Crippen molar-refractivity contribution in [2.45, 2.75) is 20.3 Å². The second-order valence-electron chi connectivity index (χ2n) is 2.39. The van der Waals surface area contributed by atoms with Gasteiger partial charge in [0.05, 0.1) is 11.6 Å². The summed E-state index contributed by atoms with van der Waals surface area (Å²) in [6.07, 6.45) is 2.55. The molecule has 1 aromatic rings. The molecule has 1 aromatic heterocycles. The van der Waals surface area contributed by atoms with E-state index in [2.05, 4.69) is 11.1 Å². The summed E-state index contributed by atoms with van der Waals surface area (Å²) in [6.45, 7) is 3.96. The van der Waals surface area contributed by atoms with E-state index in [9.17, 15) is 0 Å². The van der Waals surface area contributed by atoms with Crippen LogP contribution in [0.4, 0.5) is 0 Å². The van der Waals surface area contributed by atoms with Gasteiger partial charge in [-0.3, -0.25) is 4.98 Å². The van der Waals surface area contributed by atoms with Gasteiger partial charge in [0.2, 0.25) is 0 Å². The molecule has 0 bridgehead atoms. The minimum Gasteiger partial charge on any atom is -0.261 e. The number of aryl methyl sites for hydroxylation is 1. The Bertz CT molecular complexity index is 297. The van der Waals surface area contributed by atoms with E-state index in [1.807, 2.05) is 13.8 Å². The molecule has 1 rings (SSSR count). The summed E-state index contributed by atoms with van der Waals surface area (Å²) in [5, 5.41) is 8.70. The SMILES string of the molecule is CCc1c(C#N)ccnc1C. The van der Waals surface area contributed by atoms with Crippen LogP contribution in [0.25, 0.3) is 0 Å². The standard InChI is InChI=1S/C9H10N2/c1-3-9-7(2)11-5-4-8(9)6-10/h4-5H,3H2,1-2H3. The molecule has 11 heavy (non-hydrogen) atoms. The molecule has 0 aliphatic heterocycles. The van der Waals surface area contributed by atoms with E-state index in [0.29, 0.717) is 0 Å². The van der Waals surface area contributed by atoms with E-state index < -0.39 is 0 Å². The van der Waals surface area contributed by atoms with Crippen LogP contribution in [0.15, 0.2) is 12.3 Å². The van der Waals surface area contributed by atoms with E-state index in [4.69, 9.17) is 5.26 Å². The van der Waals surface area contributed by atoms with Crippen molar-refractivity contribution in [2.24, 2.45) is 0 Å². The van der Waals surface area contributed by atoms with Gasteiger partial charge in [-0.25, -0.2) is 0 Å². The topological polar surface area (TPSA) is 36.7 Å². The maximum absolute atomic E-state index is 8.70. The van der Waals surface area contributed by atoms with E-state index in [0.717, 1.165) is 23.2 Å². The molecule has 0 aromatic carbocycles. The molecule has 0 amide bonds. The van der Waals surface area contributed by atoms with Crippen LogP contribution in [0.1, 0.15) is 23.7 Å². The highest BCUT2D eigenvalue weighted by Crippen LogP contribution is 2.10. The third-order valence-electron chi connectivity index (χ3n) is 1.75. The van der Waals surface area contributed by atoms with Gasteiger partial charge >= 0.3 is 0 Å². The average molecular weight is 146 g/mol. The molecular formula is C9H10N2. The van der Waals surface area contributed by atoms with Gasteiger partial charge in [0, 0.05) is 11.9 Å². The van der Waals surface area contributed by atoms with Crippen LogP contribution >= 0.6 is 0 Å². The molecule has 0 radical (unpaired) electrons. The summed E-state index contributed by atoms with van der Waals surface area (Å²) in [7, 11) is 0. The summed E-state index contributed by atoms with van der Waals surface area (Å²) in [5.74, 6) is 0.